The van der Waals surface area contributed by atoms with Gasteiger partial charge in [-0.15, -0.1) is 0 Å². The fourth-order valence-corrected chi connectivity index (χ4v) is 4.38. The number of fused-ring (bicyclic) bond motifs is 1. The number of likely N-dealkylation sites (tertiary alicyclic amines) is 1. The Hall–Kier alpha value is -3.41. The molecule has 1 fully saturated rings. The predicted molar refractivity (Wildman–Crippen MR) is 123 cm³/mol. The van der Waals surface area contributed by atoms with Crippen molar-refractivity contribution in [3.05, 3.63) is 69.9 Å². The van der Waals surface area contributed by atoms with Crippen molar-refractivity contribution in [3.63, 3.8) is 0 Å². The van der Waals surface area contributed by atoms with E-state index in [1.807, 2.05) is 35.2 Å². The van der Waals surface area contributed by atoms with Crippen LogP contribution < -0.4 is 5.43 Å². The van der Waals surface area contributed by atoms with Gasteiger partial charge < -0.3 is 14.1 Å². The summed E-state index contributed by atoms with van der Waals surface area (Å²) < 4.78 is 11.4. The zero-order valence-electron chi connectivity index (χ0n) is 18.4. The lowest BCUT2D eigenvalue weighted by Crippen LogP contribution is -2.45. The SMILES string of the molecule is CCC1CCCCN1C(=O)COC(=O)c1cccc2c(=O)c(C)c(-c3ccccc3)oc12. The van der Waals surface area contributed by atoms with E-state index >= 15 is 0 Å². The number of para-hydroxylation sites is 1. The minimum atomic E-state index is -0.681. The van der Waals surface area contributed by atoms with E-state index in [1.54, 1.807) is 25.1 Å². The summed E-state index contributed by atoms with van der Waals surface area (Å²) in [5.74, 6) is -0.453. The molecule has 0 aliphatic carbocycles. The molecule has 1 amide bonds. The summed E-state index contributed by atoms with van der Waals surface area (Å²) >= 11 is 0. The highest BCUT2D eigenvalue weighted by Crippen LogP contribution is 2.27. The number of ether oxygens (including phenoxy) is 1. The van der Waals surface area contributed by atoms with Gasteiger partial charge in [-0.05, 0) is 44.7 Å². The van der Waals surface area contributed by atoms with Crippen molar-refractivity contribution in [2.45, 2.75) is 45.6 Å². The Kier molecular flexibility index (Phi) is 6.40. The molecule has 1 aliphatic heterocycles. The fraction of sp³-hybridized carbons (Fsp3) is 0.346. The monoisotopic (exact) mass is 433 g/mol. The van der Waals surface area contributed by atoms with Gasteiger partial charge in [0.2, 0.25) is 0 Å². The van der Waals surface area contributed by atoms with Crippen molar-refractivity contribution in [2.24, 2.45) is 0 Å². The van der Waals surface area contributed by atoms with Crippen molar-refractivity contribution >= 4 is 22.8 Å². The lowest BCUT2D eigenvalue weighted by atomic mass is 10.00. The second-order valence-corrected chi connectivity index (χ2v) is 8.15. The number of hydrogen-bond acceptors (Lipinski definition) is 5. The minimum Gasteiger partial charge on any atom is -0.455 e. The van der Waals surface area contributed by atoms with Gasteiger partial charge >= 0.3 is 5.97 Å². The van der Waals surface area contributed by atoms with E-state index in [2.05, 4.69) is 6.92 Å². The molecule has 0 radical (unpaired) electrons. The largest absolute Gasteiger partial charge is 0.455 e. The molecule has 1 atom stereocenters. The Balaban J connectivity index is 1.62. The Bertz CT molecular complexity index is 1200. The third kappa shape index (κ3) is 4.17. The van der Waals surface area contributed by atoms with Gasteiger partial charge in [0.25, 0.3) is 5.91 Å². The fourth-order valence-electron chi connectivity index (χ4n) is 4.38. The molecule has 1 aromatic heterocycles. The number of esters is 1. The number of carbonyl (C=O) groups excluding carboxylic acids is 2. The van der Waals surface area contributed by atoms with E-state index < -0.39 is 5.97 Å². The van der Waals surface area contributed by atoms with E-state index in [9.17, 15) is 14.4 Å². The zero-order valence-corrected chi connectivity index (χ0v) is 18.4. The summed E-state index contributed by atoms with van der Waals surface area (Å²) in [5, 5.41) is 0.310. The highest BCUT2D eigenvalue weighted by molar-refractivity contribution is 6.02. The third-order valence-corrected chi connectivity index (χ3v) is 6.15. The third-order valence-electron chi connectivity index (χ3n) is 6.15. The van der Waals surface area contributed by atoms with E-state index in [1.165, 1.54) is 0 Å². The average Bonchev–Trinajstić information content (AvgIpc) is 2.84. The Morgan fingerprint density at radius 3 is 2.62 bits per heavy atom. The van der Waals surface area contributed by atoms with Crippen molar-refractivity contribution in [3.8, 4) is 11.3 Å². The van der Waals surface area contributed by atoms with Crippen LogP contribution in [-0.2, 0) is 9.53 Å². The van der Waals surface area contributed by atoms with Gasteiger partial charge in [-0.25, -0.2) is 4.79 Å². The van der Waals surface area contributed by atoms with Crippen molar-refractivity contribution in [2.75, 3.05) is 13.2 Å². The second kappa shape index (κ2) is 9.39. The number of hydrogen-bond donors (Lipinski definition) is 0. The van der Waals surface area contributed by atoms with Crippen LogP contribution >= 0.6 is 0 Å². The summed E-state index contributed by atoms with van der Waals surface area (Å²) in [7, 11) is 0. The molecule has 166 valence electrons. The topological polar surface area (TPSA) is 76.8 Å². The molecule has 0 N–H and O–H groups in total. The first-order chi connectivity index (χ1) is 15.5. The maximum atomic E-state index is 13.0. The van der Waals surface area contributed by atoms with Gasteiger partial charge in [0, 0.05) is 23.7 Å². The molecule has 3 aromatic rings. The van der Waals surface area contributed by atoms with Crippen LogP contribution in [0.3, 0.4) is 0 Å². The van der Waals surface area contributed by atoms with Crippen LogP contribution in [-0.4, -0.2) is 36.0 Å². The number of piperidine rings is 1. The second-order valence-electron chi connectivity index (χ2n) is 8.15. The molecule has 6 nitrogen and oxygen atoms in total. The first-order valence-electron chi connectivity index (χ1n) is 11.1. The predicted octanol–water partition coefficient (Wildman–Crippen LogP) is 4.72. The van der Waals surface area contributed by atoms with E-state index in [-0.39, 0.29) is 35.1 Å². The summed E-state index contributed by atoms with van der Waals surface area (Å²) in [5.41, 5.74) is 1.33. The lowest BCUT2D eigenvalue weighted by molar-refractivity contribution is -0.138. The molecule has 0 bridgehead atoms. The van der Waals surface area contributed by atoms with Crippen LogP contribution in [0.15, 0.2) is 57.7 Å². The quantitative estimate of drug-likeness (QED) is 0.545. The number of rotatable bonds is 5. The first-order valence-corrected chi connectivity index (χ1v) is 11.1. The Labute approximate surface area is 186 Å². The van der Waals surface area contributed by atoms with Gasteiger partial charge in [0.15, 0.2) is 17.6 Å². The Morgan fingerprint density at radius 1 is 1.09 bits per heavy atom. The van der Waals surface area contributed by atoms with Crippen molar-refractivity contribution < 1.29 is 18.7 Å². The Morgan fingerprint density at radius 2 is 1.88 bits per heavy atom. The summed E-state index contributed by atoms with van der Waals surface area (Å²) in [6.45, 7) is 4.14. The molecule has 32 heavy (non-hydrogen) atoms. The molecule has 0 spiro atoms. The normalized spacial score (nSPS) is 16.2. The van der Waals surface area contributed by atoms with Crippen molar-refractivity contribution in [1.82, 2.24) is 4.90 Å². The molecule has 2 aromatic carbocycles. The minimum absolute atomic E-state index is 0.135. The average molecular weight is 434 g/mol. The summed E-state index contributed by atoms with van der Waals surface area (Å²) in [4.78, 5) is 40.3. The number of carbonyl (C=O) groups is 2. The van der Waals surface area contributed by atoms with Gasteiger partial charge in [-0.1, -0.05) is 43.3 Å². The first kappa shape index (κ1) is 21.8. The van der Waals surface area contributed by atoms with Gasteiger partial charge in [0.1, 0.15) is 11.3 Å². The molecule has 1 unspecified atom stereocenters. The zero-order chi connectivity index (χ0) is 22.7. The number of benzene rings is 2. The molecule has 1 saturated heterocycles. The lowest BCUT2D eigenvalue weighted by Gasteiger charge is -2.35. The van der Waals surface area contributed by atoms with E-state index in [0.717, 1.165) is 31.2 Å². The number of amides is 1. The van der Waals surface area contributed by atoms with Crippen LogP contribution in [0, 0.1) is 6.92 Å². The standard InChI is InChI=1S/C26H27NO5/c1-3-19-12-7-8-15-27(19)22(28)16-31-26(30)21-14-9-13-20-23(29)17(2)24(32-25(20)21)18-10-5-4-6-11-18/h4-6,9-11,13-14,19H,3,7-8,12,15-16H2,1-2H3. The molecule has 0 saturated carbocycles. The molecular weight excluding hydrogens is 406 g/mol. The van der Waals surface area contributed by atoms with Crippen LogP contribution in [0.1, 0.15) is 48.5 Å². The number of nitrogens with zero attached hydrogens (tertiary/aromatic N) is 1. The van der Waals surface area contributed by atoms with Gasteiger partial charge in [-0.3, -0.25) is 9.59 Å². The van der Waals surface area contributed by atoms with Crippen LogP contribution in [0.2, 0.25) is 0 Å². The van der Waals surface area contributed by atoms with Crippen LogP contribution in [0.4, 0.5) is 0 Å². The van der Waals surface area contributed by atoms with Gasteiger partial charge in [0.05, 0.1) is 5.39 Å². The molecule has 4 rings (SSSR count). The van der Waals surface area contributed by atoms with Crippen LogP contribution in [0.5, 0.6) is 0 Å². The van der Waals surface area contributed by atoms with E-state index in [0.29, 0.717) is 23.3 Å². The van der Waals surface area contributed by atoms with E-state index in [4.69, 9.17) is 9.15 Å². The molecule has 2 heterocycles. The maximum Gasteiger partial charge on any atom is 0.342 e. The highest BCUT2D eigenvalue weighted by atomic mass is 16.5. The summed E-state index contributed by atoms with van der Waals surface area (Å²) in [6.07, 6.45) is 3.94. The van der Waals surface area contributed by atoms with Crippen LogP contribution in [0.25, 0.3) is 22.3 Å². The molecule has 6 heteroatoms. The summed E-state index contributed by atoms with van der Waals surface area (Å²) in [6, 6.07) is 14.3. The van der Waals surface area contributed by atoms with Gasteiger partial charge in [-0.2, -0.15) is 0 Å². The highest BCUT2D eigenvalue weighted by Gasteiger charge is 2.27. The molecular formula is C26H27NO5. The van der Waals surface area contributed by atoms with Crippen molar-refractivity contribution in [1.29, 1.82) is 0 Å². The molecule has 1 aliphatic rings. The maximum absolute atomic E-state index is 13.0. The smallest absolute Gasteiger partial charge is 0.342 e.